The fraction of sp³-hybridized carbons (Fsp3) is 0.278. The Bertz CT molecular complexity index is 684. The van der Waals surface area contributed by atoms with Crippen LogP contribution in [0, 0.1) is 0 Å². The lowest BCUT2D eigenvalue weighted by atomic mass is 10.2. The van der Waals surface area contributed by atoms with Crippen molar-refractivity contribution in [1.82, 2.24) is 10.2 Å². The van der Waals surface area contributed by atoms with Gasteiger partial charge in [-0.3, -0.25) is 9.69 Å². The fourth-order valence-electron chi connectivity index (χ4n) is 2.51. The third-order valence-corrected chi connectivity index (χ3v) is 4.69. The van der Waals surface area contributed by atoms with E-state index in [4.69, 9.17) is 8.83 Å². The van der Waals surface area contributed by atoms with Gasteiger partial charge in [0.2, 0.25) is 5.91 Å². The standard InChI is InChI=1S/C18H20N2O3S/c1-14(17-7-4-10-24-17)19-18(21)13-20(11-15-5-2-8-22-15)12-16-6-3-9-23-16/h2-10,14H,11-13H2,1H3,(H,19,21). The second-order valence-corrected chi connectivity index (χ2v) is 6.59. The molecule has 0 saturated carbocycles. The Balaban J connectivity index is 1.60. The molecule has 0 spiro atoms. The molecule has 1 unspecified atom stereocenters. The highest BCUT2D eigenvalue weighted by Gasteiger charge is 2.17. The Morgan fingerprint density at radius 2 is 1.79 bits per heavy atom. The largest absolute Gasteiger partial charge is 0.468 e. The van der Waals surface area contributed by atoms with E-state index < -0.39 is 0 Å². The molecule has 5 nitrogen and oxygen atoms in total. The van der Waals surface area contributed by atoms with Crippen molar-refractivity contribution in [2.24, 2.45) is 0 Å². The van der Waals surface area contributed by atoms with Gasteiger partial charge in [0, 0.05) is 4.88 Å². The maximum absolute atomic E-state index is 12.4. The van der Waals surface area contributed by atoms with E-state index in [0.717, 1.165) is 16.4 Å². The van der Waals surface area contributed by atoms with Gasteiger partial charge < -0.3 is 14.2 Å². The van der Waals surface area contributed by atoms with Crippen molar-refractivity contribution < 1.29 is 13.6 Å². The molecule has 3 heterocycles. The van der Waals surface area contributed by atoms with Crippen molar-refractivity contribution >= 4 is 17.2 Å². The summed E-state index contributed by atoms with van der Waals surface area (Å²) in [6, 6.07) is 11.5. The average Bonchev–Trinajstić information content (AvgIpc) is 3.31. The smallest absolute Gasteiger partial charge is 0.234 e. The van der Waals surface area contributed by atoms with Gasteiger partial charge >= 0.3 is 0 Å². The molecule has 1 N–H and O–H groups in total. The molecule has 0 bridgehead atoms. The Labute approximate surface area is 144 Å². The lowest BCUT2D eigenvalue weighted by Gasteiger charge is -2.21. The minimum absolute atomic E-state index is 0.00609. The molecule has 0 aliphatic heterocycles. The van der Waals surface area contributed by atoms with Gasteiger partial charge in [0.25, 0.3) is 0 Å². The normalized spacial score (nSPS) is 12.4. The summed E-state index contributed by atoms with van der Waals surface area (Å²) in [5.41, 5.74) is 0. The molecule has 24 heavy (non-hydrogen) atoms. The highest BCUT2D eigenvalue weighted by molar-refractivity contribution is 7.10. The molecule has 0 aromatic carbocycles. The van der Waals surface area contributed by atoms with Crippen molar-refractivity contribution in [1.29, 1.82) is 0 Å². The SMILES string of the molecule is CC(NC(=O)CN(Cc1ccco1)Cc1ccco1)c1cccs1. The Hall–Kier alpha value is -2.31. The monoisotopic (exact) mass is 344 g/mol. The van der Waals surface area contributed by atoms with Crippen LogP contribution in [0.4, 0.5) is 0 Å². The van der Waals surface area contributed by atoms with E-state index in [-0.39, 0.29) is 18.5 Å². The summed E-state index contributed by atoms with van der Waals surface area (Å²) >= 11 is 1.64. The first-order chi connectivity index (χ1) is 11.7. The molecule has 1 amide bonds. The van der Waals surface area contributed by atoms with E-state index >= 15 is 0 Å². The number of carbonyl (C=O) groups excluding carboxylic acids is 1. The second kappa shape index (κ2) is 7.99. The molecular weight excluding hydrogens is 324 g/mol. The number of nitrogens with zero attached hydrogens (tertiary/aromatic N) is 1. The van der Waals surface area contributed by atoms with Crippen LogP contribution in [0.25, 0.3) is 0 Å². The zero-order chi connectivity index (χ0) is 16.8. The van der Waals surface area contributed by atoms with Crippen molar-refractivity contribution in [2.75, 3.05) is 6.54 Å². The number of amides is 1. The lowest BCUT2D eigenvalue weighted by molar-refractivity contribution is -0.123. The van der Waals surface area contributed by atoms with Crippen LogP contribution in [0.15, 0.2) is 63.1 Å². The molecule has 0 aliphatic rings. The van der Waals surface area contributed by atoms with Crippen molar-refractivity contribution in [3.63, 3.8) is 0 Å². The van der Waals surface area contributed by atoms with E-state index in [0.29, 0.717) is 13.1 Å². The molecule has 0 saturated heterocycles. The van der Waals surface area contributed by atoms with Crippen LogP contribution >= 0.6 is 11.3 Å². The summed E-state index contributed by atoms with van der Waals surface area (Å²) in [5, 5.41) is 5.05. The van der Waals surface area contributed by atoms with Gasteiger partial charge in [-0.1, -0.05) is 6.07 Å². The van der Waals surface area contributed by atoms with Gasteiger partial charge in [-0.05, 0) is 42.6 Å². The number of hydrogen-bond acceptors (Lipinski definition) is 5. The number of furan rings is 2. The van der Waals surface area contributed by atoms with Gasteiger partial charge in [0.05, 0.1) is 38.2 Å². The van der Waals surface area contributed by atoms with Crippen molar-refractivity contribution in [3.8, 4) is 0 Å². The highest BCUT2D eigenvalue weighted by Crippen LogP contribution is 2.18. The Morgan fingerprint density at radius 3 is 2.29 bits per heavy atom. The van der Waals surface area contributed by atoms with Crippen molar-refractivity contribution in [2.45, 2.75) is 26.1 Å². The summed E-state index contributed by atoms with van der Waals surface area (Å²) < 4.78 is 10.8. The molecule has 3 rings (SSSR count). The van der Waals surface area contributed by atoms with E-state index in [9.17, 15) is 4.79 Å². The summed E-state index contributed by atoms with van der Waals surface area (Å²) in [6.45, 7) is 3.37. The van der Waals surface area contributed by atoms with Gasteiger partial charge in [0.15, 0.2) is 0 Å². The van der Waals surface area contributed by atoms with Crippen LogP contribution in [-0.4, -0.2) is 17.4 Å². The van der Waals surface area contributed by atoms with Crippen LogP contribution in [0.5, 0.6) is 0 Å². The number of carbonyl (C=O) groups is 1. The highest BCUT2D eigenvalue weighted by atomic mass is 32.1. The van der Waals surface area contributed by atoms with E-state index in [1.165, 1.54) is 0 Å². The predicted molar refractivity (Wildman–Crippen MR) is 92.4 cm³/mol. The topological polar surface area (TPSA) is 58.6 Å². The molecule has 0 fully saturated rings. The summed E-state index contributed by atoms with van der Waals surface area (Å²) in [4.78, 5) is 15.5. The van der Waals surface area contributed by atoms with Gasteiger partial charge in [-0.15, -0.1) is 11.3 Å². The fourth-order valence-corrected chi connectivity index (χ4v) is 3.25. The summed E-state index contributed by atoms with van der Waals surface area (Å²) in [5.74, 6) is 1.62. The van der Waals surface area contributed by atoms with Crippen LogP contribution in [-0.2, 0) is 17.9 Å². The average molecular weight is 344 g/mol. The molecule has 3 aromatic heterocycles. The van der Waals surface area contributed by atoms with Gasteiger partial charge in [-0.25, -0.2) is 0 Å². The number of nitrogens with one attached hydrogen (secondary N) is 1. The maximum atomic E-state index is 12.4. The third-order valence-electron chi connectivity index (χ3n) is 3.63. The first kappa shape index (κ1) is 16.5. The Kier molecular flexibility index (Phi) is 5.51. The third kappa shape index (κ3) is 4.59. The summed E-state index contributed by atoms with van der Waals surface area (Å²) in [6.07, 6.45) is 3.28. The molecule has 0 aliphatic carbocycles. The van der Waals surface area contributed by atoms with Crippen LogP contribution < -0.4 is 5.32 Å². The van der Waals surface area contributed by atoms with Crippen LogP contribution in [0.1, 0.15) is 29.4 Å². The number of hydrogen-bond donors (Lipinski definition) is 1. The molecule has 3 aromatic rings. The molecule has 1 atom stereocenters. The zero-order valence-electron chi connectivity index (χ0n) is 13.5. The lowest BCUT2D eigenvalue weighted by Crippen LogP contribution is -2.37. The minimum Gasteiger partial charge on any atom is -0.468 e. The first-order valence-corrected chi connectivity index (χ1v) is 8.68. The van der Waals surface area contributed by atoms with Crippen molar-refractivity contribution in [3.05, 3.63) is 70.7 Å². The van der Waals surface area contributed by atoms with Crippen LogP contribution in [0.2, 0.25) is 0 Å². The number of rotatable bonds is 8. The zero-order valence-corrected chi connectivity index (χ0v) is 14.3. The molecule has 0 radical (unpaired) electrons. The van der Waals surface area contributed by atoms with E-state index in [1.807, 2.05) is 53.6 Å². The maximum Gasteiger partial charge on any atom is 0.234 e. The molecule has 6 heteroatoms. The van der Waals surface area contributed by atoms with E-state index in [1.54, 1.807) is 23.9 Å². The Morgan fingerprint density at radius 1 is 1.12 bits per heavy atom. The second-order valence-electron chi connectivity index (χ2n) is 5.61. The minimum atomic E-state index is -0.0194. The molecular formula is C18H20N2O3S. The van der Waals surface area contributed by atoms with Gasteiger partial charge in [0.1, 0.15) is 11.5 Å². The van der Waals surface area contributed by atoms with Gasteiger partial charge in [-0.2, -0.15) is 0 Å². The summed E-state index contributed by atoms with van der Waals surface area (Å²) in [7, 11) is 0. The predicted octanol–water partition coefficient (Wildman–Crippen LogP) is 3.81. The number of thiophene rings is 1. The quantitative estimate of drug-likeness (QED) is 0.675. The molecule has 126 valence electrons. The first-order valence-electron chi connectivity index (χ1n) is 7.80. The van der Waals surface area contributed by atoms with Crippen LogP contribution in [0.3, 0.4) is 0 Å². The van der Waals surface area contributed by atoms with E-state index in [2.05, 4.69) is 5.32 Å².